The number of phosphoric acid groups is 1. The number of ether oxygens (including phenoxy) is 2. The number of carbonyl (C=O) groups is 2. The van der Waals surface area contributed by atoms with Crippen molar-refractivity contribution in [3.05, 3.63) is 158 Å². The third-order valence-corrected chi connectivity index (χ3v) is 17.5. The van der Waals surface area contributed by atoms with Crippen LogP contribution in [-0.2, 0) is 32.7 Å². The average Bonchev–Trinajstić information content (AvgIpc) is 1.97. The number of nitrogens with zero attached hydrogens (tertiary/aromatic N) is 1. The summed E-state index contributed by atoms with van der Waals surface area (Å²) >= 11 is 0. The maximum Gasteiger partial charge on any atom is 0.472 e. The van der Waals surface area contributed by atoms with Crippen molar-refractivity contribution < 1.29 is 42.1 Å². The summed E-state index contributed by atoms with van der Waals surface area (Å²) in [6, 6.07) is 0. The number of rotatable bonds is 71. The summed E-state index contributed by atoms with van der Waals surface area (Å²) in [5.74, 6) is -0.834. The number of unbranched alkanes of at least 4 members (excludes halogenated alkanes) is 31. The Morgan fingerprint density at radius 3 is 0.844 bits per heavy atom. The van der Waals surface area contributed by atoms with Gasteiger partial charge in [-0.3, -0.25) is 18.6 Å². The second-order valence-electron chi connectivity index (χ2n) is 27.0. The van der Waals surface area contributed by atoms with E-state index in [1.165, 1.54) is 167 Å². The molecule has 0 aromatic heterocycles. The minimum atomic E-state index is -4.41. The first-order valence-electron chi connectivity index (χ1n) is 39.2. The molecule has 0 aliphatic heterocycles. The smallest absolute Gasteiger partial charge is 0.462 e. The molecule has 0 bridgehead atoms. The molecule has 0 rings (SSSR count). The lowest BCUT2D eigenvalue weighted by Crippen LogP contribution is -2.37. The third kappa shape index (κ3) is 78.6. The Kier molecular flexibility index (Phi) is 71.4. The second kappa shape index (κ2) is 74.8. The van der Waals surface area contributed by atoms with Crippen molar-refractivity contribution in [3.63, 3.8) is 0 Å². The number of likely N-dealkylation sites (N-methyl/N-ethyl adjacent to an activating group) is 1. The van der Waals surface area contributed by atoms with Crippen LogP contribution in [-0.4, -0.2) is 74.9 Å². The Balaban J connectivity index is 4.01. The van der Waals surface area contributed by atoms with Crippen LogP contribution in [0.25, 0.3) is 0 Å². The maximum absolute atomic E-state index is 12.9. The lowest BCUT2D eigenvalue weighted by Gasteiger charge is -2.24. The van der Waals surface area contributed by atoms with E-state index >= 15 is 0 Å². The number of quaternary nitrogens is 1. The molecule has 0 saturated heterocycles. The van der Waals surface area contributed by atoms with Gasteiger partial charge in [0.15, 0.2) is 6.10 Å². The fourth-order valence-corrected chi connectivity index (χ4v) is 11.4. The molecule has 0 amide bonds. The number of phosphoric ester groups is 1. The minimum absolute atomic E-state index is 0.0187. The van der Waals surface area contributed by atoms with Crippen molar-refractivity contribution in [1.29, 1.82) is 0 Å². The summed E-state index contributed by atoms with van der Waals surface area (Å²) in [5.41, 5.74) is 0. The molecular weight excluding hydrogens is 1210 g/mol. The number of hydrogen-bond donors (Lipinski definition) is 1. The van der Waals surface area contributed by atoms with E-state index in [4.69, 9.17) is 18.5 Å². The largest absolute Gasteiger partial charge is 0.472 e. The lowest BCUT2D eigenvalue weighted by molar-refractivity contribution is -0.870. The first kappa shape index (κ1) is 91.6. The van der Waals surface area contributed by atoms with Crippen molar-refractivity contribution in [3.8, 4) is 0 Å². The van der Waals surface area contributed by atoms with Gasteiger partial charge in [0.2, 0.25) is 0 Å². The molecule has 2 unspecified atom stereocenters. The maximum atomic E-state index is 12.9. The van der Waals surface area contributed by atoms with E-state index in [-0.39, 0.29) is 32.0 Å². The molecule has 0 aromatic carbocycles. The monoisotopic (exact) mass is 1350 g/mol. The predicted octanol–water partition coefficient (Wildman–Crippen LogP) is 26.3. The van der Waals surface area contributed by atoms with Crippen LogP contribution in [0.15, 0.2) is 158 Å². The fourth-order valence-electron chi connectivity index (χ4n) is 10.6. The van der Waals surface area contributed by atoms with Crippen LogP contribution in [0.5, 0.6) is 0 Å². The zero-order valence-electron chi connectivity index (χ0n) is 62.6. The molecule has 0 saturated carbocycles. The van der Waals surface area contributed by atoms with Crippen LogP contribution >= 0.6 is 7.82 Å². The van der Waals surface area contributed by atoms with Gasteiger partial charge in [-0.15, -0.1) is 0 Å². The van der Waals surface area contributed by atoms with E-state index in [2.05, 4.69) is 172 Å². The Labute approximate surface area is 592 Å². The van der Waals surface area contributed by atoms with Gasteiger partial charge >= 0.3 is 19.8 Å². The summed E-state index contributed by atoms with van der Waals surface area (Å²) < 4.78 is 34.7. The van der Waals surface area contributed by atoms with Gasteiger partial charge in [-0.2, -0.15) is 0 Å². The van der Waals surface area contributed by atoms with Crippen LogP contribution in [0.2, 0.25) is 0 Å². The SMILES string of the molecule is CC/C=C\C/C=C\C/C=C\C/C=C\C/C=C\C/C=C\C/C=C\C/C=C\C/C=C\CCCCCC(=O)OC(COC(=O)CCCCCCCCCCCCCCCCCCCCCCCCCCCCCC/C=C\C/C=C\C/C=C\C/C=C\CC)COP(=O)(O)OCC[N+](C)(C)C. The van der Waals surface area contributed by atoms with Crippen LogP contribution in [0.4, 0.5) is 0 Å². The summed E-state index contributed by atoms with van der Waals surface area (Å²) in [5, 5.41) is 0. The average molecular weight is 1350 g/mol. The van der Waals surface area contributed by atoms with Crippen LogP contribution in [0, 0.1) is 0 Å². The molecule has 1 N–H and O–H groups in total. The summed E-state index contributed by atoms with van der Waals surface area (Å²) in [6.07, 6.45) is 113. The normalized spacial score (nSPS) is 13.9. The van der Waals surface area contributed by atoms with Crippen molar-refractivity contribution in [2.75, 3.05) is 47.5 Å². The first-order valence-corrected chi connectivity index (χ1v) is 40.7. The van der Waals surface area contributed by atoms with E-state index in [0.717, 1.165) is 122 Å². The van der Waals surface area contributed by atoms with E-state index in [1.54, 1.807) is 0 Å². The summed E-state index contributed by atoms with van der Waals surface area (Å²) in [6.45, 7) is 4.18. The fraction of sp³-hybridized carbons (Fsp3) is 0.674. The number of hydrogen-bond acceptors (Lipinski definition) is 7. The van der Waals surface area contributed by atoms with Gasteiger partial charge in [0.05, 0.1) is 27.7 Å². The summed E-state index contributed by atoms with van der Waals surface area (Å²) in [7, 11) is 1.45. The van der Waals surface area contributed by atoms with Crippen LogP contribution in [0.1, 0.15) is 322 Å². The molecule has 0 heterocycles. The highest BCUT2D eigenvalue weighted by Gasteiger charge is 2.27. The summed E-state index contributed by atoms with van der Waals surface area (Å²) in [4.78, 5) is 35.9. The van der Waals surface area contributed by atoms with Gasteiger partial charge in [-0.1, -0.05) is 345 Å². The predicted molar refractivity (Wildman–Crippen MR) is 417 cm³/mol. The molecule has 548 valence electrons. The molecule has 2 atom stereocenters. The zero-order valence-corrected chi connectivity index (χ0v) is 63.5. The Morgan fingerprint density at radius 1 is 0.323 bits per heavy atom. The van der Waals surface area contributed by atoms with Crippen molar-refractivity contribution in [2.24, 2.45) is 0 Å². The molecular formula is C86H147NO8P+. The van der Waals surface area contributed by atoms with Gasteiger partial charge < -0.3 is 18.9 Å². The highest BCUT2D eigenvalue weighted by Crippen LogP contribution is 2.43. The first-order chi connectivity index (χ1) is 47.0. The minimum Gasteiger partial charge on any atom is -0.462 e. The highest BCUT2D eigenvalue weighted by atomic mass is 31.2. The van der Waals surface area contributed by atoms with E-state index in [0.29, 0.717) is 17.4 Å². The molecule has 0 aliphatic rings. The number of esters is 2. The number of allylic oxidation sites excluding steroid dienone is 26. The third-order valence-electron chi connectivity index (χ3n) is 16.6. The van der Waals surface area contributed by atoms with Gasteiger partial charge in [0.1, 0.15) is 19.8 Å². The Morgan fingerprint density at radius 2 is 0.562 bits per heavy atom. The second-order valence-corrected chi connectivity index (χ2v) is 28.4. The van der Waals surface area contributed by atoms with E-state index in [1.807, 2.05) is 21.1 Å². The van der Waals surface area contributed by atoms with Gasteiger partial charge in [0.25, 0.3) is 0 Å². The molecule has 0 aromatic rings. The molecule has 0 aliphatic carbocycles. The standard InChI is InChI=1S/C86H146NO8P/c1-6-8-10-12-14-16-18-20-22-24-26-28-30-32-34-36-38-39-40-41-42-43-44-45-46-47-49-50-52-54-56-58-60-62-64-66-68-70-72-74-76-78-85(88)92-82-84(83-94-96(90,91)93-81-80-87(3,4)5)95-86(89)79-77-75-73-71-69-67-65-63-61-59-57-55-53-51-48-37-35-33-31-29-27-25-23-21-19-17-15-13-11-9-7-2/h8-11,14-17,20-23,26-29,33,35,48,51,55,57,61,63,67,69,84H,6-7,12-13,18-19,24-25,30-32,34,36-47,49-50,52-54,56,58-60,62,64-66,68,70-83H2,1-5H3/p+1/b10-8-,11-9-,16-14-,17-15-,22-20-,23-21-,28-26-,29-27-,35-33-,51-48-,57-55-,63-61-,69-67-. The molecule has 0 fully saturated rings. The van der Waals surface area contributed by atoms with E-state index in [9.17, 15) is 19.0 Å². The van der Waals surface area contributed by atoms with Crippen molar-refractivity contribution in [2.45, 2.75) is 328 Å². The lowest BCUT2D eigenvalue weighted by atomic mass is 10.0. The molecule has 0 spiro atoms. The Hall–Kier alpha value is -4.37. The van der Waals surface area contributed by atoms with Crippen molar-refractivity contribution in [1.82, 2.24) is 0 Å². The Bertz CT molecular complexity index is 2180. The zero-order chi connectivity index (χ0) is 69.7. The highest BCUT2D eigenvalue weighted by molar-refractivity contribution is 7.47. The van der Waals surface area contributed by atoms with Gasteiger partial charge in [0, 0.05) is 12.8 Å². The van der Waals surface area contributed by atoms with Gasteiger partial charge in [-0.05, 0) is 122 Å². The van der Waals surface area contributed by atoms with Crippen LogP contribution in [0.3, 0.4) is 0 Å². The molecule has 96 heavy (non-hydrogen) atoms. The topological polar surface area (TPSA) is 108 Å². The van der Waals surface area contributed by atoms with E-state index < -0.39 is 26.5 Å². The van der Waals surface area contributed by atoms with Gasteiger partial charge in [-0.25, -0.2) is 4.57 Å². The molecule has 10 heteroatoms. The van der Waals surface area contributed by atoms with Crippen molar-refractivity contribution >= 4 is 19.8 Å². The molecule has 9 nitrogen and oxygen atoms in total. The molecule has 0 radical (unpaired) electrons. The van der Waals surface area contributed by atoms with Crippen LogP contribution < -0.4 is 0 Å². The quantitative estimate of drug-likeness (QED) is 0.0211. The number of carbonyl (C=O) groups excluding carboxylic acids is 2.